The molecule has 1 aliphatic rings. The smallest absolute Gasteiger partial charge is 0.220 e. The maximum Gasteiger partial charge on any atom is 0.220 e. The molecule has 0 spiro atoms. The van der Waals surface area contributed by atoms with Crippen molar-refractivity contribution in [2.75, 3.05) is 13.1 Å². The van der Waals surface area contributed by atoms with Crippen molar-refractivity contribution in [2.24, 2.45) is 0 Å². The van der Waals surface area contributed by atoms with Gasteiger partial charge in [0.2, 0.25) is 5.91 Å². The number of carbonyl (C=O) groups excluding carboxylic acids is 2. The van der Waals surface area contributed by atoms with Gasteiger partial charge < -0.3 is 5.32 Å². The molecule has 148 valence electrons. The molecule has 1 saturated heterocycles. The van der Waals surface area contributed by atoms with E-state index < -0.39 is 0 Å². The Morgan fingerprint density at radius 2 is 1.61 bits per heavy atom. The van der Waals surface area contributed by atoms with Crippen molar-refractivity contribution in [3.05, 3.63) is 70.3 Å². The summed E-state index contributed by atoms with van der Waals surface area (Å²) in [5, 5.41) is 2.92. The lowest BCUT2D eigenvalue weighted by Crippen LogP contribution is -2.23. The van der Waals surface area contributed by atoms with Crippen LogP contribution in [0.3, 0.4) is 0 Å². The van der Waals surface area contributed by atoms with E-state index in [2.05, 4.69) is 34.5 Å². The molecule has 1 fully saturated rings. The predicted molar refractivity (Wildman–Crippen MR) is 112 cm³/mol. The van der Waals surface area contributed by atoms with Gasteiger partial charge in [-0.2, -0.15) is 0 Å². The zero-order chi connectivity index (χ0) is 19.9. The molecule has 2 aromatic rings. The molecule has 0 atom stereocenters. The molecule has 1 amide bonds. The minimum Gasteiger partial charge on any atom is -0.352 e. The summed E-state index contributed by atoms with van der Waals surface area (Å²) in [7, 11) is 0. The van der Waals surface area contributed by atoms with Crippen molar-refractivity contribution in [3.63, 3.8) is 0 Å². The highest BCUT2D eigenvalue weighted by Crippen LogP contribution is 2.15. The summed E-state index contributed by atoms with van der Waals surface area (Å²) < 4.78 is 0. The second-order valence-corrected chi connectivity index (χ2v) is 7.82. The Bertz CT molecular complexity index is 821. The first-order valence-electron chi connectivity index (χ1n) is 10.2. The number of amides is 1. The van der Waals surface area contributed by atoms with Gasteiger partial charge in [0.05, 0.1) is 0 Å². The Labute approximate surface area is 167 Å². The highest BCUT2D eigenvalue weighted by atomic mass is 16.2. The molecular formula is C24H30N2O2. The van der Waals surface area contributed by atoms with Crippen LogP contribution in [-0.2, 0) is 17.9 Å². The molecule has 0 aliphatic carbocycles. The molecule has 0 unspecified atom stereocenters. The number of carbonyl (C=O) groups is 2. The van der Waals surface area contributed by atoms with Crippen LogP contribution < -0.4 is 5.32 Å². The van der Waals surface area contributed by atoms with E-state index in [0.717, 1.165) is 28.8 Å². The van der Waals surface area contributed by atoms with E-state index in [1.54, 1.807) is 0 Å². The van der Waals surface area contributed by atoms with Gasteiger partial charge in [0.1, 0.15) is 0 Å². The van der Waals surface area contributed by atoms with Crippen LogP contribution in [-0.4, -0.2) is 29.7 Å². The number of nitrogens with one attached hydrogen (secondary N) is 1. The van der Waals surface area contributed by atoms with Gasteiger partial charge in [-0.25, -0.2) is 0 Å². The number of hydrogen-bond donors (Lipinski definition) is 1. The van der Waals surface area contributed by atoms with Gasteiger partial charge in [0, 0.05) is 31.5 Å². The summed E-state index contributed by atoms with van der Waals surface area (Å²) >= 11 is 0. The maximum absolute atomic E-state index is 12.4. The van der Waals surface area contributed by atoms with Gasteiger partial charge in [-0.3, -0.25) is 14.5 Å². The standard InChI is InChI=1S/C24H30N2O2/c1-18-5-6-19(2)22(15-18)23(27)11-12-24(28)25-16-20-7-9-21(10-8-20)17-26-13-3-4-14-26/h5-10,15H,3-4,11-14,16-17H2,1-2H3,(H,25,28). The van der Waals surface area contributed by atoms with E-state index in [9.17, 15) is 9.59 Å². The van der Waals surface area contributed by atoms with E-state index in [0.29, 0.717) is 6.54 Å². The van der Waals surface area contributed by atoms with Crippen LogP contribution in [0.15, 0.2) is 42.5 Å². The summed E-state index contributed by atoms with van der Waals surface area (Å²) in [6, 6.07) is 14.3. The second-order valence-electron chi connectivity index (χ2n) is 7.82. The molecule has 4 nitrogen and oxygen atoms in total. The molecule has 0 radical (unpaired) electrons. The van der Waals surface area contributed by atoms with Crippen LogP contribution in [0.25, 0.3) is 0 Å². The number of nitrogens with zero attached hydrogens (tertiary/aromatic N) is 1. The minimum atomic E-state index is -0.0835. The third-order valence-electron chi connectivity index (χ3n) is 5.39. The van der Waals surface area contributed by atoms with Crippen molar-refractivity contribution in [1.29, 1.82) is 0 Å². The third kappa shape index (κ3) is 5.77. The largest absolute Gasteiger partial charge is 0.352 e. The number of benzene rings is 2. The van der Waals surface area contributed by atoms with Gasteiger partial charge in [-0.1, -0.05) is 42.0 Å². The fourth-order valence-electron chi connectivity index (χ4n) is 3.65. The quantitative estimate of drug-likeness (QED) is 0.701. The molecule has 2 aromatic carbocycles. The molecule has 28 heavy (non-hydrogen) atoms. The number of likely N-dealkylation sites (tertiary alicyclic amines) is 1. The summed E-state index contributed by atoms with van der Waals surface area (Å²) in [6.45, 7) is 7.80. The lowest BCUT2D eigenvalue weighted by Gasteiger charge is -2.14. The van der Waals surface area contributed by atoms with Crippen LogP contribution in [0, 0.1) is 13.8 Å². The van der Waals surface area contributed by atoms with Gasteiger partial charge in [-0.15, -0.1) is 0 Å². The van der Waals surface area contributed by atoms with Crippen LogP contribution in [0.4, 0.5) is 0 Å². The highest BCUT2D eigenvalue weighted by molar-refractivity contribution is 5.99. The molecule has 1 heterocycles. The lowest BCUT2D eigenvalue weighted by atomic mass is 9.99. The zero-order valence-corrected chi connectivity index (χ0v) is 17.0. The Hall–Kier alpha value is -2.46. The number of ketones is 1. The van der Waals surface area contributed by atoms with E-state index in [1.807, 2.05) is 32.0 Å². The van der Waals surface area contributed by atoms with Gasteiger partial charge in [0.15, 0.2) is 5.78 Å². The van der Waals surface area contributed by atoms with Crippen molar-refractivity contribution in [1.82, 2.24) is 10.2 Å². The number of rotatable bonds is 8. The van der Waals surface area contributed by atoms with E-state index in [-0.39, 0.29) is 24.5 Å². The van der Waals surface area contributed by atoms with Crippen LogP contribution in [0.5, 0.6) is 0 Å². The van der Waals surface area contributed by atoms with Gasteiger partial charge in [0.25, 0.3) is 0 Å². The summed E-state index contributed by atoms with van der Waals surface area (Å²) in [4.78, 5) is 27.0. The SMILES string of the molecule is Cc1ccc(C)c(C(=O)CCC(=O)NCc2ccc(CN3CCCC3)cc2)c1. The first-order chi connectivity index (χ1) is 13.5. The topological polar surface area (TPSA) is 49.4 Å². The molecule has 3 rings (SSSR count). The highest BCUT2D eigenvalue weighted by Gasteiger charge is 2.13. The van der Waals surface area contributed by atoms with Crippen LogP contribution in [0.1, 0.15) is 58.3 Å². The van der Waals surface area contributed by atoms with E-state index >= 15 is 0 Å². The lowest BCUT2D eigenvalue weighted by molar-refractivity contribution is -0.121. The van der Waals surface area contributed by atoms with Crippen molar-refractivity contribution in [3.8, 4) is 0 Å². The molecule has 4 heteroatoms. The minimum absolute atomic E-state index is 0.0302. The normalized spacial score (nSPS) is 14.2. The van der Waals surface area contributed by atoms with Gasteiger partial charge >= 0.3 is 0 Å². The first kappa shape index (κ1) is 20.3. The molecule has 0 aromatic heterocycles. The molecule has 1 N–H and O–H groups in total. The Morgan fingerprint density at radius 1 is 0.929 bits per heavy atom. The Morgan fingerprint density at radius 3 is 2.32 bits per heavy atom. The van der Waals surface area contributed by atoms with Crippen molar-refractivity contribution < 1.29 is 9.59 Å². The van der Waals surface area contributed by atoms with Crippen molar-refractivity contribution in [2.45, 2.75) is 52.6 Å². The zero-order valence-electron chi connectivity index (χ0n) is 17.0. The average molecular weight is 379 g/mol. The monoisotopic (exact) mass is 378 g/mol. The summed E-state index contributed by atoms with van der Waals surface area (Å²) in [6.07, 6.45) is 3.07. The fourth-order valence-corrected chi connectivity index (χ4v) is 3.65. The Kier molecular flexibility index (Phi) is 6.99. The third-order valence-corrected chi connectivity index (χ3v) is 5.39. The van der Waals surface area contributed by atoms with Crippen molar-refractivity contribution >= 4 is 11.7 Å². The fraction of sp³-hybridized carbons (Fsp3) is 0.417. The average Bonchev–Trinajstić information content (AvgIpc) is 3.20. The van der Waals surface area contributed by atoms with Crippen LogP contribution in [0.2, 0.25) is 0 Å². The number of hydrogen-bond acceptors (Lipinski definition) is 3. The summed E-state index contributed by atoms with van der Waals surface area (Å²) in [5.74, 6) is -0.0533. The molecule has 1 aliphatic heterocycles. The van der Waals surface area contributed by atoms with Crippen LogP contribution >= 0.6 is 0 Å². The van der Waals surface area contributed by atoms with E-state index in [4.69, 9.17) is 0 Å². The van der Waals surface area contributed by atoms with Gasteiger partial charge in [-0.05, 0) is 62.5 Å². The Balaban J connectivity index is 1.42. The summed E-state index contributed by atoms with van der Waals surface area (Å²) in [5.41, 5.74) is 5.15. The van der Waals surface area contributed by atoms with E-state index in [1.165, 1.54) is 31.5 Å². The number of aryl methyl sites for hydroxylation is 2. The predicted octanol–water partition coefficient (Wildman–Crippen LogP) is 4.18. The molecule has 0 bridgehead atoms. The number of Topliss-reactive ketones (excluding diaryl/α,β-unsaturated/α-hetero) is 1. The first-order valence-corrected chi connectivity index (χ1v) is 10.2. The maximum atomic E-state index is 12.4. The second kappa shape index (κ2) is 9.65. The molecular weight excluding hydrogens is 348 g/mol. The molecule has 0 saturated carbocycles.